The van der Waals surface area contributed by atoms with Crippen LogP contribution in [0.2, 0.25) is 0 Å². The Labute approximate surface area is 352 Å². The molecular weight excluding hydrogens is 933 g/mol. The normalized spacial score (nSPS) is 13.0. The van der Waals surface area contributed by atoms with Crippen LogP contribution in [0.25, 0.3) is 0 Å². The molecule has 0 atom stereocenters. The minimum Gasteiger partial charge on any atom is -0.494 e. The summed E-state index contributed by atoms with van der Waals surface area (Å²) in [5, 5.41) is 26.0. The van der Waals surface area contributed by atoms with Crippen molar-refractivity contribution in [3.8, 4) is 5.75 Å². The van der Waals surface area contributed by atoms with Crippen LogP contribution in [0.3, 0.4) is 0 Å². The first-order valence-corrected chi connectivity index (χ1v) is 23.8. The number of ether oxygens (including phenoxy) is 1. The number of hydrogen-bond donors (Lipinski definition) is 7. The fraction of sp³-hybridized carbons (Fsp3) is 0.167. The number of primary amides is 1. The summed E-state index contributed by atoms with van der Waals surface area (Å²) in [5.74, 6) is -1.63. The number of urea groups is 1. The molecule has 0 unspecified atom stereocenters. The number of rotatable bonds is 19. The Balaban J connectivity index is 1.66. The number of sulfone groups is 2. The zero-order valence-electron chi connectivity index (χ0n) is 31.2. The van der Waals surface area contributed by atoms with Crippen molar-refractivity contribution in [3.63, 3.8) is 0 Å². The predicted octanol–water partition coefficient (Wildman–Crippen LogP) is 4.03. The summed E-state index contributed by atoms with van der Waals surface area (Å²) in [5.41, 5.74) is 15.0. The molecule has 0 radical (unpaired) electrons. The van der Waals surface area contributed by atoms with E-state index in [-0.39, 0.29) is 44.0 Å². The Morgan fingerprint density at radius 1 is 0.613 bits per heavy atom. The fourth-order valence-corrected chi connectivity index (χ4v) is 8.32. The molecular formula is C30H32N10O17S5. The van der Waals surface area contributed by atoms with Crippen molar-refractivity contribution in [2.24, 2.45) is 36.4 Å². The SMILES string of the molecule is COc1ccc(S(=O)(=O)CCOS(=O)(=O)O)cc1N=Nc1ccc(N=Nc2c(N)c(N=Nc3ccc(S(=O)(=O)CCOS(=O)(=O)O)cc3)cc(S(=O)(=O)O)c2N)cc1NC(N)=O. The highest BCUT2D eigenvalue weighted by Crippen LogP contribution is 2.43. The molecule has 10 N–H and O–H groups in total. The van der Waals surface area contributed by atoms with Crippen molar-refractivity contribution in [2.45, 2.75) is 14.7 Å². The van der Waals surface area contributed by atoms with Crippen molar-refractivity contribution < 1.29 is 73.6 Å². The molecule has 0 fully saturated rings. The number of azo groups is 3. The van der Waals surface area contributed by atoms with Gasteiger partial charge in [0.1, 0.15) is 33.4 Å². The lowest BCUT2D eigenvalue weighted by Gasteiger charge is -2.11. The summed E-state index contributed by atoms with van der Waals surface area (Å²) in [6.07, 6.45) is 0. The van der Waals surface area contributed by atoms with E-state index in [9.17, 15) is 51.4 Å². The summed E-state index contributed by atoms with van der Waals surface area (Å²) < 4.78 is 159. The van der Waals surface area contributed by atoms with Crippen molar-refractivity contribution >= 4 is 108 Å². The number of nitrogens with two attached hydrogens (primary N) is 3. The molecule has 0 heterocycles. The highest BCUT2D eigenvalue weighted by Gasteiger charge is 2.23. The lowest BCUT2D eigenvalue weighted by Crippen LogP contribution is -2.19. The molecule has 0 spiro atoms. The largest absolute Gasteiger partial charge is 0.494 e. The maximum atomic E-state index is 12.8. The number of hydrogen-bond acceptors (Lipinski definition) is 22. The zero-order chi connectivity index (χ0) is 46.3. The van der Waals surface area contributed by atoms with Gasteiger partial charge >= 0.3 is 26.8 Å². The third kappa shape index (κ3) is 13.7. The topological polar surface area (TPSA) is 440 Å². The van der Waals surface area contributed by atoms with E-state index >= 15 is 0 Å². The van der Waals surface area contributed by atoms with Crippen LogP contribution >= 0.6 is 0 Å². The third-order valence-corrected chi connectivity index (χ3v) is 12.7. The van der Waals surface area contributed by atoms with E-state index in [4.69, 9.17) is 31.0 Å². The van der Waals surface area contributed by atoms with Crippen LogP contribution in [0.5, 0.6) is 5.75 Å². The molecule has 0 aliphatic heterocycles. The lowest BCUT2D eigenvalue weighted by atomic mass is 10.2. The van der Waals surface area contributed by atoms with Gasteiger partial charge in [0.15, 0.2) is 19.7 Å². The van der Waals surface area contributed by atoms with E-state index in [0.29, 0.717) is 0 Å². The van der Waals surface area contributed by atoms with Crippen molar-refractivity contribution in [3.05, 3.63) is 66.7 Å². The first-order valence-electron chi connectivity index (χ1n) is 16.3. The van der Waals surface area contributed by atoms with E-state index in [1.165, 1.54) is 43.5 Å². The lowest BCUT2D eigenvalue weighted by molar-refractivity contribution is 0.259. The Hall–Kier alpha value is -6.10. The molecule has 2 amide bonds. The van der Waals surface area contributed by atoms with E-state index in [1.54, 1.807) is 0 Å². The summed E-state index contributed by atoms with van der Waals surface area (Å²) in [4.78, 5) is 10.3. The second-order valence-corrected chi connectivity index (χ2v) is 19.6. The number of nitrogen functional groups attached to an aromatic ring is 2. The maximum absolute atomic E-state index is 12.8. The Kier molecular flexibility index (Phi) is 15.1. The second-order valence-electron chi connectivity index (χ2n) is 11.8. The summed E-state index contributed by atoms with van der Waals surface area (Å²) in [6.45, 7) is -1.76. The molecule has 334 valence electrons. The number of methoxy groups -OCH3 is 1. The molecule has 0 aromatic heterocycles. The number of amides is 2. The third-order valence-electron chi connectivity index (χ3n) is 7.51. The van der Waals surface area contributed by atoms with E-state index < -0.39 is 109 Å². The molecule has 62 heavy (non-hydrogen) atoms. The molecule has 32 heteroatoms. The van der Waals surface area contributed by atoms with E-state index in [2.05, 4.69) is 44.4 Å². The number of carbonyl (C=O) groups excluding carboxylic acids is 1. The summed E-state index contributed by atoms with van der Waals surface area (Å²) in [6, 6.07) is 11.3. The van der Waals surface area contributed by atoms with Gasteiger partial charge < -0.3 is 27.3 Å². The summed E-state index contributed by atoms with van der Waals surface area (Å²) >= 11 is 0. The molecule has 0 aliphatic rings. The average molecular weight is 965 g/mol. The summed E-state index contributed by atoms with van der Waals surface area (Å²) in [7, 11) is -21.9. The van der Waals surface area contributed by atoms with Crippen LogP contribution in [0.4, 0.5) is 56.0 Å². The van der Waals surface area contributed by atoms with Crippen LogP contribution in [0.15, 0.2) is 112 Å². The molecule has 4 aromatic rings. The minimum absolute atomic E-state index is 0.00212. The highest BCUT2D eigenvalue weighted by molar-refractivity contribution is 7.91. The van der Waals surface area contributed by atoms with E-state index in [0.717, 1.165) is 30.3 Å². The zero-order valence-corrected chi connectivity index (χ0v) is 35.3. The van der Waals surface area contributed by atoms with Crippen LogP contribution in [0.1, 0.15) is 0 Å². The monoisotopic (exact) mass is 964 g/mol. The Morgan fingerprint density at radius 3 is 1.68 bits per heavy atom. The van der Waals surface area contributed by atoms with Gasteiger partial charge in [-0.3, -0.25) is 13.7 Å². The smallest absolute Gasteiger partial charge is 0.397 e. The Bertz CT molecular complexity index is 3040. The van der Waals surface area contributed by atoms with Gasteiger partial charge in [-0.25, -0.2) is 30.0 Å². The molecule has 27 nitrogen and oxygen atoms in total. The number of benzene rings is 4. The number of anilines is 3. The molecule has 0 aliphatic carbocycles. The standard InChI is InChI=1S/C30H32N10O17S5/c1-55-25-9-7-20(59(44,45)13-11-57-62(52,53)54)15-23(25)38-37-21-8-4-18(14-22(21)34-30(33)41)36-40-29-27(31)24(16-26(28(29)32)60(46,47)48)39-35-17-2-5-19(6-3-17)58(42,43)12-10-56-61(49,50)51/h2-9,14-16H,10-13,31-32H2,1H3,(H3,33,34,41)(H,46,47,48)(H,49,50,51)(H,52,53,54). The average Bonchev–Trinajstić information content (AvgIpc) is 3.15. The van der Waals surface area contributed by atoms with E-state index in [1.807, 2.05) is 0 Å². The maximum Gasteiger partial charge on any atom is 0.397 e. The quantitative estimate of drug-likeness (QED) is 0.0396. The molecule has 4 rings (SSSR count). The van der Waals surface area contributed by atoms with Gasteiger partial charge in [-0.1, -0.05) is 0 Å². The van der Waals surface area contributed by atoms with Gasteiger partial charge in [0.25, 0.3) is 10.1 Å². The molecule has 4 aromatic carbocycles. The predicted molar refractivity (Wildman–Crippen MR) is 216 cm³/mol. The van der Waals surface area contributed by atoms with Crippen LogP contribution in [-0.2, 0) is 59.0 Å². The van der Waals surface area contributed by atoms with Gasteiger partial charge in [-0.2, -0.15) is 35.5 Å². The minimum atomic E-state index is -5.06. The van der Waals surface area contributed by atoms with Gasteiger partial charge in [0, 0.05) is 0 Å². The molecule has 0 bridgehead atoms. The van der Waals surface area contributed by atoms with Crippen molar-refractivity contribution in [1.82, 2.24) is 0 Å². The van der Waals surface area contributed by atoms with Crippen LogP contribution < -0.4 is 27.3 Å². The van der Waals surface area contributed by atoms with Gasteiger partial charge in [-0.05, 0) is 66.7 Å². The van der Waals surface area contributed by atoms with Crippen molar-refractivity contribution in [2.75, 3.05) is 48.6 Å². The first-order chi connectivity index (χ1) is 28.7. The van der Waals surface area contributed by atoms with Gasteiger partial charge in [0.2, 0.25) is 0 Å². The molecule has 0 saturated carbocycles. The number of nitrogens with zero attached hydrogens (tertiary/aromatic N) is 6. The first kappa shape index (κ1) is 48.6. The highest BCUT2D eigenvalue weighted by atomic mass is 32.3. The number of nitrogens with one attached hydrogen (secondary N) is 1. The van der Waals surface area contributed by atoms with Crippen molar-refractivity contribution in [1.29, 1.82) is 0 Å². The van der Waals surface area contributed by atoms with Crippen LogP contribution in [-0.4, -0.2) is 93.6 Å². The van der Waals surface area contributed by atoms with Crippen LogP contribution in [0, 0.1) is 0 Å². The molecule has 0 saturated heterocycles. The van der Waals surface area contributed by atoms with Gasteiger partial charge in [0.05, 0.1) is 70.1 Å². The number of carbonyl (C=O) groups is 1. The second kappa shape index (κ2) is 19.3. The van der Waals surface area contributed by atoms with Gasteiger partial charge in [-0.15, -0.1) is 20.5 Å². The fourth-order valence-electron chi connectivity index (χ4n) is 4.70. The Morgan fingerprint density at radius 2 is 1.13 bits per heavy atom.